The van der Waals surface area contributed by atoms with E-state index in [1.807, 2.05) is 0 Å². The van der Waals surface area contributed by atoms with Crippen LogP contribution in [0, 0.1) is 333 Å². The highest BCUT2D eigenvalue weighted by atomic mass is 16.6. The van der Waals surface area contributed by atoms with Gasteiger partial charge >= 0.3 is 35.8 Å². The fourth-order valence-corrected chi connectivity index (χ4v) is 45.0. The van der Waals surface area contributed by atoms with Gasteiger partial charge in [-0.25, -0.2) is 0 Å². The first-order valence-electron chi connectivity index (χ1n) is 51.6. The monoisotopic (exact) mass is 1670 g/mol. The maximum Gasteiger partial charge on any atom is 0.312 e. The molecule has 0 aromatic rings. The van der Waals surface area contributed by atoms with Gasteiger partial charge in [0.2, 0.25) is 0 Å². The van der Waals surface area contributed by atoms with Crippen LogP contribution in [0.5, 0.6) is 0 Å². The van der Waals surface area contributed by atoms with Gasteiger partial charge in [-0.3, -0.25) is 28.8 Å². The zero-order chi connectivity index (χ0) is 84.7. The van der Waals surface area contributed by atoms with Gasteiger partial charge in [-0.15, -0.1) is 0 Å². The maximum absolute atomic E-state index is 12.2. The molecule has 28 aliphatic rings. The molecule has 28 rings (SSSR count). The van der Waals surface area contributed by atoms with Crippen molar-refractivity contribution in [1.29, 1.82) is 0 Å². The van der Waals surface area contributed by atoms with Crippen LogP contribution < -0.4 is 0 Å². The number of fused-ring (bicyclic) bond motifs is 61. The van der Waals surface area contributed by atoms with Crippen LogP contribution in [0.3, 0.4) is 0 Å². The minimum atomic E-state index is -0.0882. The van der Waals surface area contributed by atoms with Crippen LogP contribution in [0.1, 0.15) is 254 Å². The second-order valence-corrected chi connectivity index (χ2v) is 56.1. The first-order valence-corrected chi connectivity index (χ1v) is 51.6. The van der Waals surface area contributed by atoms with Crippen molar-refractivity contribution in [2.45, 2.75) is 254 Å². The third-order valence-corrected chi connectivity index (χ3v) is 46.7. The van der Waals surface area contributed by atoms with Crippen molar-refractivity contribution in [3.8, 4) is 0 Å². The standard InChI is InChI=1S/C19H28O3.2C19H28O2.2C18H26O2.C15H24O2/c1-19(2,3)17-11-5-8(12(17)6-20)14-9-4-10(15(11)14)16-13(9)7-22-18(16)21;1-18(2,3)13-5-10-4-12(13)16-11-6-14(17(10)16)19(7-11)8-15(20)21-9-19;1-8-9-5-12(17(8)19(2,3)4)15-11-6-10(14(9)15)13-7-21-18(20)16(11)13;1-18(2,3)13-5-8-4-10(13)15-9-6-11(14(8)15)16-12(9)7-20-17(16)19;1-18(2,3)13-5-8-4-10(13)15-11-6-9(14(8)15)12-7-20-17(19)16(11)12;1-9-10-7-11(12(9)14(2,3)4)15(8-10)5-6-17-13(15)16/h8-17,20H,4-7H2,1-3H3;10-14,16-17H,4-9H2,1-3H3;8-17H,5-7H2,1-4H3;2*8-16H,4-7H2,1-3H3;9-12H,5-8H2,1-4H3. The molecule has 51 unspecified atom stereocenters. The molecule has 670 valence electrons. The third-order valence-electron chi connectivity index (χ3n) is 46.7. The summed E-state index contributed by atoms with van der Waals surface area (Å²) in [5.74, 6) is 38.0. The van der Waals surface area contributed by atoms with Crippen molar-refractivity contribution in [1.82, 2.24) is 0 Å². The highest BCUT2D eigenvalue weighted by molar-refractivity contribution is 5.80. The van der Waals surface area contributed by atoms with Crippen LogP contribution in [0.4, 0.5) is 0 Å². The smallest absolute Gasteiger partial charge is 0.312 e. The van der Waals surface area contributed by atoms with Gasteiger partial charge in [0, 0.05) is 35.7 Å². The maximum atomic E-state index is 12.2. The summed E-state index contributed by atoms with van der Waals surface area (Å²) in [6.45, 7) is 52.9. The average molecular weight is 1670 g/mol. The molecule has 13 nitrogen and oxygen atoms in total. The Morgan fingerprint density at radius 3 is 1.11 bits per heavy atom. The van der Waals surface area contributed by atoms with E-state index in [9.17, 15) is 33.9 Å². The second-order valence-electron chi connectivity index (χ2n) is 56.1. The molecule has 0 amide bonds. The summed E-state index contributed by atoms with van der Waals surface area (Å²) in [4.78, 5) is 72.3. The van der Waals surface area contributed by atoms with Crippen molar-refractivity contribution in [2.24, 2.45) is 333 Å². The molecule has 0 aromatic carbocycles. The van der Waals surface area contributed by atoms with E-state index in [0.29, 0.717) is 142 Å². The molecule has 22 aliphatic carbocycles. The van der Waals surface area contributed by atoms with Crippen LogP contribution in [0.25, 0.3) is 0 Å². The molecule has 1 N–H and O–H groups in total. The summed E-state index contributed by atoms with van der Waals surface area (Å²) in [6.07, 6.45) is 23.7. The summed E-state index contributed by atoms with van der Waals surface area (Å²) in [5, 5.41) is 10.1. The Morgan fingerprint density at radius 1 is 0.314 bits per heavy atom. The fourth-order valence-electron chi connectivity index (χ4n) is 45.0. The Labute approximate surface area is 727 Å². The lowest BCUT2D eigenvalue weighted by molar-refractivity contribution is -0.152. The van der Waals surface area contributed by atoms with Crippen molar-refractivity contribution >= 4 is 35.8 Å². The minimum Gasteiger partial charge on any atom is -0.465 e. The SMILES string of the molecule is CC(C)(C)C1C(CO)C2CC1C1C3CC(C4COC(=O)C43)C21.CC(C)(C)C1CC2CC1C1C3CC(C21)C1(COC(=O)C1)C3.CC(C)(C)C1CC2CC1C1C3CC(C4C(=O)OCC34)C21.CC(C)(C)C1CC2CC1C1C3CC(C4COC(=O)C43)C21.CC1C2CC(C1C(C)(C)C)C1(CCOC1=O)C2.CC1C2CC(C3C4CC(C5COC(=O)C54)C23)C1C(C)(C)C. The van der Waals surface area contributed by atoms with Gasteiger partial charge in [-0.05, 0) is 384 Å². The molecule has 0 radical (unpaired) electrons. The number of aliphatic hydroxyl groups excluding tert-OH is 1. The number of carbonyl (C=O) groups is 6. The molecule has 6 aliphatic heterocycles. The van der Waals surface area contributed by atoms with Gasteiger partial charge in [0.15, 0.2) is 0 Å². The quantitative estimate of drug-likeness (QED) is 0.149. The molecule has 0 aromatic heterocycles. The topological polar surface area (TPSA) is 178 Å². The predicted octanol–water partition coefficient (Wildman–Crippen LogP) is 20.1. The molecule has 2 spiro atoms. The first-order chi connectivity index (χ1) is 57.0. The number of cyclic esters (lactones) is 6. The van der Waals surface area contributed by atoms with Crippen LogP contribution in [0.2, 0.25) is 0 Å². The minimum absolute atomic E-state index is 0.0785. The molecule has 13 heteroatoms. The molecule has 28 fully saturated rings. The summed E-state index contributed by atoms with van der Waals surface area (Å²) in [5.41, 5.74) is 2.57. The number of esters is 6. The summed E-state index contributed by atoms with van der Waals surface area (Å²) >= 11 is 0. The normalized spacial score (nSPS) is 57.3. The van der Waals surface area contributed by atoms with Gasteiger partial charge < -0.3 is 33.5 Å². The highest BCUT2D eigenvalue weighted by Crippen LogP contribution is 2.82. The van der Waals surface area contributed by atoms with Crippen molar-refractivity contribution < 1.29 is 62.3 Å². The van der Waals surface area contributed by atoms with Gasteiger partial charge in [-0.1, -0.05) is 138 Å². The lowest BCUT2D eigenvalue weighted by atomic mass is 9.55. The van der Waals surface area contributed by atoms with E-state index >= 15 is 0 Å². The average Bonchev–Trinajstić information content (AvgIpc) is 1.55. The molecule has 51 atom stereocenters. The molecular formula is C108H160O13. The van der Waals surface area contributed by atoms with Crippen molar-refractivity contribution in [2.75, 3.05) is 46.2 Å². The van der Waals surface area contributed by atoms with E-state index in [4.69, 9.17) is 28.4 Å². The van der Waals surface area contributed by atoms with E-state index in [1.54, 1.807) is 0 Å². The zero-order valence-corrected chi connectivity index (χ0v) is 78.3. The van der Waals surface area contributed by atoms with Gasteiger partial charge in [0.05, 0.1) is 75.1 Å². The van der Waals surface area contributed by atoms with Crippen LogP contribution in [-0.2, 0) is 57.2 Å². The van der Waals surface area contributed by atoms with E-state index in [0.717, 1.165) is 229 Å². The van der Waals surface area contributed by atoms with Crippen molar-refractivity contribution in [3.05, 3.63) is 0 Å². The van der Waals surface area contributed by atoms with Crippen LogP contribution >= 0.6 is 0 Å². The second kappa shape index (κ2) is 27.0. The molecular weight excluding hydrogens is 1510 g/mol. The fraction of sp³-hybridized carbons (Fsp3) is 0.944. The Balaban J connectivity index is 0.0000000846. The number of hydrogen-bond donors (Lipinski definition) is 1. The number of ether oxygens (including phenoxy) is 6. The summed E-state index contributed by atoms with van der Waals surface area (Å²) < 4.78 is 32.4. The molecule has 6 heterocycles. The lowest BCUT2D eigenvalue weighted by Gasteiger charge is -2.49. The van der Waals surface area contributed by atoms with Gasteiger partial charge in [0.25, 0.3) is 0 Å². The third kappa shape index (κ3) is 11.3. The zero-order valence-electron chi connectivity index (χ0n) is 78.3. The molecule has 121 heavy (non-hydrogen) atoms. The molecule has 22 bridgehead atoms. The number of rotatable bonds is 1. The van der Waals surface area contributed by atoms with Gasteiger partial charge in [0.1, 0.15) is 0 Å². The largest absolute Gasteiger partial charge is 0.465 e. The lowest BCUT2D eigenvalue weighted by Crippen LogP contribution is -2.47. The highest BCUT2D eigenvalue weighted by Gasteiger charge is 2.79. The molecule has 22 saturated carbocycles. The van der Waals surface area contributed by atoms with E-state index in [-0.39, 0.29) is 63.9 Å². The Kier molecular flexibility index (Phi) is 18.3. The number of aliphatic hydroxyl groups is 1. The van der Waals surface area contributed by atoms with E-state index in [1.165, 1.54) is 96.3 Å². The van der Waals surface area contributed by atoms with Crippen LogP contribution in [-0.4, -0.2) is 87.2 Å². The Hall–Kier alpha value is -3.22. The first kappa shape index (κ1) is 82.2. The van der Waals surface area contributed by atoms with E-state index < -0.39 is 0 Å². The van der Waals surface area contributed by atoms with Crippen LogP contribution in [0.15, 0.2) is 0 Å². The van der Waals surface area contributed by atoms with Crippen molar-refractivity contribution in [3.63, 3.8) is 0 Å². The summed E-state index contributed by atoms with van der Waals surface area (Å²) in [6, 6.07) is 0. The van der Waals surface area contributed by atoms with Gasteiger partial charge in [-0.2, -0.15) is 0 Å². The number of hydrogen-bond acceptors (Lipinski definition) is 13. The Bertz CT molecular complexity index is 4190. The predicted molar refractivity (Wildman–Crippen MR) is 460 cm³/mol. The molecule has 6 saturated heterocycles. The Morgan fingerprint density at radius 2 is 0.686 bits per heavy atom. The number of carbonyl (C=O) groups excluding carboxylic acids is 6. The van der Waals surface area contributed by atoms with E-state index in [2.05, 4.69) is 138 Å². The summed E-state index contributed by atoms with van der Waals surface area (Å²) in [7, 11) is 0.